The summed E-state index contributed by atoms with van der Waals surface area (Å²) in [5.74, 6) is -1.03. The van der Waals surface area contributed by atoms with Gasteiger partial charge in [0, 0.05) is 17.9 Å². The van der Waals surface area contributed by atoms with Crippen molar-refractivity contribution in [1.82, 2.24) is 0 Å². The van der Waals surface area contributed by atoms with Crippen molar-refractivity contribution in [3.63, 3.8) is 0 Å². The zero-order chi connectivity index (χ0) is 42.3. The third kappa shape index (κ3) is 29.4. The van der Waals surface area contributed by atoms with E-state index in [-0.39, 0.29) is 11.1 Å². The number of esters is 2. The molecule has 58 heavy (non-hydrogen) atoms. The molecule has 4 nitrogen and oxygen atoms in total. The molecule has 338 valence electrons. The molecule has 0 radical (unpaired) electrons. The van der Waals surface area contributed by atoms with Crippen LogP contribution in [0.2, 0.25) is 0 Å². The summed E-state index contributed by atoms with van der Waals surface area (Å²) in [6, 6.07) is 0. The summed E-state index contributed by atoms with van der Waals surface area (Å²) in [5.41, 5.74) is 0.385. The van der Waals surface area contributed by atoms with E-state index in [1.54, 1.807) is 0 Å². The molecule has 0 unspecified atom stereocenters. The summed E-state index contributed by atoms with van der Waals surface area (Å²) in [7, 11) is 0. The molecule has 0 amide bonds. The first-order valence-electron chi connectivity index (χ1n) is 24.6. The van der Waals surface area contributed by atoms with Crippen LogP contribution in [0.25, 0.3) is 0 Å². The smallest absolute Gasteiger partial charge is 0.340 e. The van der Waals surface area contributed by atoms with Crippen LogP contribution in [-0.2, 0) is 9.47 Å². The van der Waals surface area contributed by atoms with Crippen LogP contribution in [0.5, 0.6) is 0 Å². The number of rotatable bonds is 42. The van der Waals surface area contributed by atoms with Crippen LogP contribution in [-0.4, -0.2) is 25.2 Å². The van der Waals surface area contributed by atoms with Gasteiger partial charge in [0.2, 0.25) is 0 Å². The summed E-state index contributed by atoms with van der Waals surface area (Å²) >= 11 is 14.2. The van der Waals surface area contributed by atoms with Gasteiger partial charge >= 0.3 is 11.9 Å². The van der Waals surface area contributed by atoms with E-state index in [2.05, 4.69) is 77.6 Å². The minimum absolute atomic E-state index is 0.193. The molecule has 0 atom stereocenters. The van der Waals surface area contributed by atoms with Crippen molar-refractivity contribution in [2.24, 2.45) is 0 Å². The molecule has 0 spiro atoms. The fourth-order valence-corrected chi connectivity index (χ4v) is 10.3. The molecule has 0 bridgehead atoms. The lowest BCUT2D eigenvalue weighted by Crippen LogP contribution is -2.17. The maximum Gasteiger partial charge on any atom is 0.340 e. The Hall–Kier alpha value is 0.0800. The third-order valence-electron chi connectivity index (χ3n) is 11.6. The molecule has 1 rings (SSSR count). The molecule has 0 aliphatic heterocycles. The number of hydrogen-bond acceptors (Lipinski definition) is 4. The highest BCUT2D eigenvalue weighted by atomic mass is 79.9. The van der Waals surface area contributed by atoms with Crippen LogP contribution in [0.4, 0.5) is 0 Å². The van der Waals surface area contributed by atoms with Crippen molar-refractivity contribution in [3.8, 4) is 0 Å². The van der Waals surface area contributed by atoms with E-state index in [0.29, 0.717) is 31.1 Å². The Morgan fingerprint density at radius 1 is 0.293 bits per heavy atom. The minimum atomic E-state index is -0.515. The van der Waals surface area contributed by atoms with Crippen molar-refractivity contribution in [2.75, 3.05) is 13.2 Å². The zero-order valence-electron chi connectivity index (χ0n) is 37.4. The number of benzene rings is 1. The quantitative estimate of drug-likeness (QED) is 0.0283. The van der Waals surface area contributed by atoms with Crippen molar-refractivity contribution in [2.45, 2.75) is 258 Å². The lowest BCUT2D eigenvalue weighted by molar-refractivity contribution is 0.0448. The summed E-state index contributed by atoms with van der Waals surface area (Å²) in [6.07, 6.45) is 50.3. The normalized spacial score (nSPS) is 11.4. The monoisotopic (exact) mass is 1070 g/mol. The van der Waals surface area contributed by atoms with Crippen LogP contribution in [0.1, 0.15) is 279 Å². The van der Waals surface area contributed by atoms with Gasteiger partial charge in [0.15, 0.2) is 0 Å². The molecule has 0 aliphatic carbocycles. The summed E-state index contributed by atoms with van der Waals surface area (Å²) < 4.78 is 13.6. The van der Waals surface area contributed by atoms with E-state index in [1.807, 2.05) is 0 Å². The second kappa shape index (κ2) is 41.1. The number of ether oxygens (including phenoxy) is 2. The van der Waals surface area contributed by atoms with Gasteiger partial charge < -0.3 is 9.47 Å². The van der Waals surface area contributed by atoms with Gasteiger partial charge in [-0.15, -0.1) is 0 Å². The highest BCUT2D eigenvalue weighted by molar-refractivity contribution is 9.15. The number of carbonyl (C=O) groups is 2. The molecule has 0 saturated heterocycles. The summed E-state index contributed by atoms with van der Waals surface area (Å²) in [5, 5.41) is 0. The average Bonchev–Trinajstić information content (AvgIpc) is 3.22. The maximum absolute atomic E-state index is 13.3. The summed E-state index contributed by atoms with van der Waals surface area (Å²) in [6.45, 7) is 5.25. The Kier molecular flexibility index (Phi) is 39.8. The molecule has 0 fully saturated rings. The Morgan fingerprint density at radius 3 is 0.655 bits per heavy atom. The van der Waals surface area contributed by atoms with Gasteiger partial charge in [0.1, 0.15) is 0 Å². The van der Waals surface area contributed by atoms with E-state index in [9.17, 15) is 9.59 Å². The van der Waals surface area contributed by atoms with E-state index in [0.717, 1.165) is 38.5 Å². The number of unbranched alkanes of at least 4 members (excludes halogenated alkanes) is 36. The van der Waals surface area contributed by atoms with Crippen LogP contribution >= 0.6 is 63.7 Å². The van der Waals surface area contributed by atoms with Gasteiger partial charge in [-0.25, -0.2) is 9.59 Å². The molecule has 0 aromatic heterocycles. The van der Waals surface area contributed by atoms with E-state index in [1.165, 1.54) is 205 Å². The molecule has 1 aromatic rings. The lowest BCUT2D eigenvalue weighted by Gasteiger charge is -2.16. The fourth-order valence-electron chi connectivity index (χ4n) is 7.85. The summed E-state index contributed by atoms with van der Waals surface area (Å²) in [4.78, 5) is 26.7. The first-order chi connectivity index (χ1) is 28.4. The fraction of sp³-hybridized carbons (Fsp3) is 0.840. The highest BCUT2D eigenvalue weighted by Gasteiger charge is 2.30. The Labute approximate surface area is 392 Å². The maximum atomic E-state index is 13.3. The van der Waals surface area contributed by atoms with Crippen LogP contribution in [0.3, 0.4) is 0 Å². The molecule has 0 heterocycles. The van der Waals surface area contributed by atoms with Gasteiger partial charge in [-0.2, -0.15) is 0 Å². The largest absolute Gasteiger partial charge is 0.462 e. The number of carbonyl (C=O) groups excluding carboxylic acids is 2. The first kappa shape index (κ1) is 56.1. The van der Waals surface area contributed by atoms with Crippen molar-refractivity contribution < 1.29 is 19.1 Å². The van der Waals surface area contributed by atoms with Crippen LogP contribution < -0.4 is 0 Å². The average molecular weight is 1070 g/mol. The van der Waals surface area contributed by atoms with Crippen molar-refractivity contribution >= 4 is 75.7 Å². The predicted octanol–water partition coefficient (Wildman–Crippen LogP) is 19.9. The Morgan fingerprint density at radius 2 is 0.466 bits per heavy atom. The van der Waals surface area contributed by atoms with Gasteiger partial charge in [0.05, 0.1) is 24.3 Å². The Bertz CT molecular complexity index is 1060. The topological polar surface area (TPSA) is 52.6 Å². The molecule has 8 heteroatoms. The van der Waals surface area contributed by atoms with Gasteiger partial charge in [-0.05, 0) is 76.6 Å². The first-order valence-corrected chi connectivity index (χ1v) is 27.7. The Balaban J connectivity index is 2.16. The zero-order valence-corrected chi connectivity index (χ0v) is 43.8. The van der Waals surface area contributed by atoms with E-state index < -0.39 is 11.9 Å². The van der Waals surface area contributed by atoms with Crippen molar-refractivity contribution in [1.29, 1.82) is 0 Å². The van der Waals surface area contributed by atoms with Crippen molar-refractivity contribution in [3.05, 3.63) is 29.0 Å². The highest BCUT2D eigenvalue weighted by Crippen LogP contribution is 2.43. The molecular formula is C50H86Br4O4. The molecule has 0 aliphatic rings. The molecule has 0 saturated carbocycles. The predicted molar refractivity (Wildman–Crippen MR) is 265 cm³/mol. The third-order valence-corrected chi connectivity index (χ3v) is 16.4. The molecule has 0 N–H and O–H groups in total. The van der Waals surface area contributed by atoms with E-state index in [4.69, 9.17) is 9.47 Å². The number of halogens is 4. The van der Waals surface area contributed by atoms with Gasteiger partial charge in [-0.1, -0.05) is 245 Å². The van der Waals surface area contributed by atoms with Gasteiger partial charge in [0.25, 0.3) is 0 Å². The SMILES string of the molecule is CCCCCCCCCCCCCCCCCCCCCOC(=O)c1c(Br)c(Br)c(Br)c(Br)c1C(=O)OCCCCCCCCCCCCCCCCCCCCC. The molecular weight excluding hydrogens is 984 g/mol. The standard InChI is InChI=1S/C50H86Br4O4/c1-3-5-7-9-11-13-15-17-19-21-23-25-27-29-31-33-35-37-39-41-57-49(55)43-44(46(52)48(54)47(53)45(43)51)50(56)58-42-40-38-36-34-32-30-28-26-24-22-20-18-16-14-12-10-8-6-4-2/h3-42H2,1-2H3. The molecule has 1 aromatic carbocycles. The van der Waals surface area contributed by atoms with Crippen LogP contribution in [0.15, 0.2) is 17.9 Å². The number of hydrogen-bond donors (Lipinski definition) is 0. The van der Waals surface area contributed by atoms with Crippen LogP contribution in [0, 0.1) is 0 Å². The second-order valence-electron chi connectivity index (χ2n) is 17.0. The van der Waals surface area contributed by atoms with E-state index >= 15 is 0 Å². The minimum Gasteiger partial charge on any atom is -0.462 e. The second-order valence-corrected chi connectivity index (χ2v) is 20.2. The lowest BCUT2D eigenvalue weighted by atomic mass is 10.0. The van der Waals surface area contributed by atoms with Gasteiger partial charge in [-0.3, -0.25) is 0 Å².